The van der Waals surface area contributed by atoms with E-state index in [4.69, 9.17) is 9.47 Å². The van der Waals surface area contributed by atoms with Gasteiger partial charge in [0.15, 0.2) is 0 Å². The highest BCUT2D eigenvalue weighted by atomic mass is 16.5. The van der Waals surface area contributed by atoms with E-state index >= 15 is 0 Å². The maximum absolute atomic E-state index is 13.0. The maximum Gasteiger partial charge on any atom is 0.338 e. The zero-order valence-electron chi connectivity index (χ0n) is 22.5. The molecule has 0 radical (unpaired) electrons. The minimum absolute atomic E-state index is 0.344. The summed E-state index contributed by atoms with van der Waals surface area (Å²) in [5, 5.41) is 2.38. The highest BCUT2D eigenvalue weighted by Gasteiger charge is 2.35. The molecule has 6 nitrogen and oxygen atoms in total. The summed E-state index contributed by atoms with van der Waals surface area (Å²) in [7, 11) is 3.64. The Morgan fingerprint density at radius 1 is 1.08 bits per heavy atom. The third-order valence-electron chi connectivity index (χ3n) is 8.82. The fourth-order valence-electron chi connectivity index (χ4n) is 7.21. The molecule has 1 aromatic heterocycles. The normalized spacial score (nSPS) is 17.2. The molecule has 0 aliphatic carbocycles. The molecule has 4 aliphatic rings. The van der Waals surface area contributed by atoms with Crippen LogP contribution >= 0.6 is 0 Å². The number of methoxy groups -OCH3 is 1. The third kappa shape index (κ3) is 3.35. The molecule has 0 N–H and O–H groups in total. The number of hydrogen-bond acceptors (Lipinski definition) is 5. The van der Waals surface area contributed by atoms with Crippen molar-refractivity contribution in [1.82, 2.24) is 9.56 Å². The van der Waals surface area contributed by atoms with Crippen molar-refractivity contribution >= 4 is 17.2 Å². The average molecular weight is 509 g/mol. The van der Waals surface area contributed by atoms with Crippen LogP contribution in [0.3, 0.4) is 0 Å². The molecule has 0 saturated carbocycles. The third-order valence-corrected chi connectivity index (χ3v) is 8.82. The lowest BCUT2D eigenvalue weighted by Gasteiger charge is -2.39. The Morgan fingerprint density at radius 3 is 2.71 bits per heavy atom. The van der Waals surface area contributed by atoms with Crippen molar-refractivity contribution in [3.8, 4) is 11.5 Å². The van der Waals surface area contributed by atoms with Crippen LogP contribution in [0.5, 0.6) is 11.5 Å². The summed E-state index contributed by atoms with van der Waals surface area (Å²) in [6.45, 7) is 5.50. The molecule has 6 heteroatoms. The number of aromatic nitrogens is 1. The van der Waals surface area contributed by atoms with E-state index in [-0.39, 0.29) is 5.97 Å². The highest BCUT2D eigenvalue weighted by Crippen LogP contribution is 2.48. The molecule has 38 heavy (non-hydrogen) atoms. The van der Waals surface area contributed by atoms with Crippen molar-refractivity contribution in [2.24, 2.45) is 0 Å². The SMILES string of the molecule is CCc1cc2c(c3c1=[N+](C)CCC3)Oc1c(cc3c4c1CCCN4CCC3)C=2c1cnccc1C(=O)OC. The van der Waals surface area contributed by atoms with E-state index < -0.39 is 0 Å². The van der Waals surface area contributed by atoms with E-state index in [0.29, 0.717) is 5.56 Å². The number of anilines is 1. The van der Waals surface area contributed by atoms with Crippen molar-refractivity contribution in [2.75, 3.05) is 38.7 Å². The van der Waals surface area contributed by atoms with Gasteiger partial charge in [0.05, 0.1) is 18.2 Å². The van der Waals surface area contributed by atoms with Gasteiger partial charge >= 0.3 is 5.97 Å². The van der Waals surface area contributed by atoms with E-state index in [0.717, 1.165) is 98.0 Å². The number of benzene rings is 2. The lowest BCUT2D eigenvalue weighted by Crippen LogP contribution is -2.40. The Morgan fingerprint density at radius 2 is 1.89 bits per heavy atom. The fraction of sp³-hybridized carbons (Fsp3) is 0.406. The number of aryl methyl sites for hydroxylation is 2. The first-order chi connectivity index (χ1) is 18.6. The van der Waals surface area contributed by atoms with Gasteiger partial charge in [-0.05, 0) is 62.3 Å². The lowest BCUT2D eigenvalue weighted by molar-refractivity contribution is 0.0600. The second-order valence-corrected chi connectivity index (χ2v) is 10.9. The molecule has 0 saturated heterocycles. The molecule has 4 aliphatic heterocycles. The van der Waals surface area contributed by atoms with E-state index in [1.165, 1.54) is 40.4 Å². The number of rotatable bonds is 3. The quantitative estimate of drug-likeness (QED) is 0.313. The molecule has 0 unspecified atom stereocenters. The molecule has 2 aromatic carbocycles. The lowest BCUT2D eigenvalue weighted by atomic mass is 9.82. The molecule has 0 spiro atoms. The molecule has 0 amide bonds. The van der Waals surface area contributed by atoms with Crippen molar-refractivity contribution in [3.63, 3.8) is 0 Å². The standard InChI is InChI=1S/C32H34N3O3/c1-4-19-16-24-27(26-18-33-12-11-21(26)32(36)37-3)25-17-20-8-5-14-35-15-7-10-23(29(20)35)31(25)38-30(24)22-9-6-13-34(2)28(19)22/h11-12,16-18H,4-10,13-15H2,1-3H3/q+1. The smallest absolute Gasteiger partial charge is 0.338 e. The monoisotopic (exact) mass is 508 g/mol. The van der Waals surface area contributed by atoms with E-state index in [9.17, 15) is 4.79 Å². The van der Waals surface area contributed by atoms with Gasteiger partial charge in [-0.2, -0.15) is 0 Å². The van der Waals surface area contributed by atoms with Crippen molar-refractivity contribution in [3.05, 3.63) is 80.1 Å². The second kappa shape index (κ2) is 8.97. The summed E-state index contributed by atoms with van der Waals surface area (Å²) in [5.74, 6) is 1.58. The topological polar surface area (TPSA) is 54.7 Å². The van der Waals surface area contributed by atoms with Crippen LogP contribution in [0.25, 0.3) is 5.57 Å². The van der Waals surface area contributed by atoms with E-state index in [1.807, 2.05) is 6.20 Å². The van der Waals surface area contributed by atoms with Crippen molar-refractivity contribution < 1.29 is 14.3 Å². The second-order valence-electron chi connectivity index (χ2n) is 10.9. The Balaban J connectivity index is 1.66. The molecule has 194 valence electrons. The minimum Gasteiger partial charge on any atom is -0.465 e. The largest absolute Gasteiger partial charge is 0.465 e. The van der Waals surface area contributed by atoms with Crippen LogP contribution in [0.2, 0.25) is 0 Å². The number of hydrogen-bond donors (Lipinski definition) is 0. The molecule has 0 bridgehead atoms. The number of fused-ring (bicyclic) bond motifs is 5. The van der Waals surface area contributed by atoms with Crippen LogP contribution in [0.15, 0.2) is 30.6 Å². The summed E-state index contributed by atoms with van der Waals surface area (Å²) in [6, 6.07) is 6.43. The number of nitrogens with zero attached hydrogens (tertiary/aromatic N) is 3. The van der Waals surface area contributed by atoms with Crippen molar-refractivity contribution in [1.29, 1.82) is 0 Å². The predicted octanol–water partition coefficient (Wildman–Crippen LogP) is 3.55. The van der Waals surface area contributed by atoms with Gasteiger partial charge in [-0.3, -0.25) is 4.98 Å². The number of carbonyl (C=O) groups excluding carboxylic acids is 1. The van der Waals surface area contributed by atoms with Gasteiger partial charge in [0.25, 0.3) is 0 Å². The Kier molecular flexibility index (Phi) is 5.53. The molecule has 5 heterocycles. The van der Waals surface area contributed by atoms with Crippen LogP contribution in [-0.2, 0) is 30.4 Å². The van der Waals surface area contributed by atoms with Gasteiger partial charge in [-0.1, -0.05) is 6.92 Å². The van der Waals surface area contributed by atoms with Gasteiger partial charge < -0.3 is 14.4 Å². The highest BCUT2D eigenvalue weighted by molar-refractivity contribution is 5.99. The van der Waals surface area contributed by atoms with Gasteiger partial charge in [0, 0.05) is 70.6 Å². The Hall–Kier alpha value is -3.67. The van der Waals surface area contributed by atoms with Crippen molar-refractivity contribution in [2.45, 2.75) is 51.9 Å². The Labute approximate surface area is 223 Å². The summed E-state index contributed by atoms with van der Waals surface area (Å²) < 4.78 is 14.7. The first-order valence-electron chi connectivity index (χ1n) is 14.0. The van der Waals surface area contributed by atoms with Gasteiger partial charge in [-0.25, -0.2) is 9.37 Å². The van der Waals surface area contributed by atoms with Gasteiger partial charge in [-0.15, -0.1) is 0 Å². The molecule has 0 fully saturated rings. The van der Waals surface area contributed by atoms with Crippen LogP contribution < -0.4 is 24.8 Å². The first kappa shape index (κ1) is 23.4. The summed E-state index contributed by atoms with van der Waals surface area (Å²) in [6.07, 6.45) is 10.9. The fourth-order valence-corrected chi connectivity index (χ4v) is 7.21. The summed E-state index contributed by atoms with van der Waals surface area (Å²) in [4.78, 5) is 20.1. The number of ether oxygens (including phenoxy) is 2. The van der Waals surface area contributed by atoms with E-state index in [1.54, 1.807) is 12.3 Å². The van der Waals surface area contributed by atoms with E-state index in [2.05, 4.69) is 40.6 Å². The number of pyridine rings is 1. The summed E-state index contributed by atoms with van der Waals surface area (Å²) >= 11 is 0. The average Bonchev–Trinajstić information content (AvgIpc) is 2.96. The molecule has 3 aromatic rings. The van der Waals surface area contributed by atoms with Gasteiger partial charge in [0.1, 0.15) is 25.1 Å². The zero-order chi connectivity index (χ0) is 26.0. The first-order valence-corrected chi connectivity index (χ1v) is 14.0. The zero-order valence-corrected chi connectivity index (χ0v) is 22.5. The predicted molar refractivity (Wildman–Crippen MR) is 148 cm³/mol. The molecule has 7 rings (SSSR count). The van der Waals surface area contributed by atoms with Crippen LogP contribution in [0.4, 0.5) is 5.69 Å². The summed E-state index contributed by atoms with van der Waals surface area (Å²) in [5.41, 5.74) is 10.2. The number of esters is 1. The molecule has 0 atom stereocenters. The van der Waals surface area contributed by atoms with Gasteiger partial charge in [0.2, 0.25) is 5.36 Å². The van der Waals surface area contributed by atoms with Crippen LogP contribution in [0, 0.1) is 0 Å². The molecular weight excluding hydrogens is 474 g/mol. The van der Waals surface area contributed by atoms with Crippen LogP contribution in [0.1, 0.15) is 69.9 Å². The molecular formula is C32H34N3O3+. The Bertz CT molecular complexity index is 1640. The maximum atomic E-state index is 13.0. The number of carbonyl (C=O) groups is 1. The minimum atomic E-state index is -0.344. The van der Waals surface area contributed by atoms with Crippen LogP contribution in [-0.4, -0.2) is 44.7 Å².